The number of likely N-dealkylation sites (tertiary alicyclic amines) is 1. The van der Waals surface area contributed by atoms with Crippen molar-refractivity contribution in [2.45, 2.75) is 25.7 Å². The number of carbonyl (C=O) groups is 1. The minimum atomic E-state index is -0.00569. The van der Waals surface area contributed by atoms with Crippen LogP contribution in [-0.4, -0.2) is 73.4 Å². The van der Waals surface area contributed by atoms with Crippen LogP contribution in [0.15, 0.2) is 18.2 Å². The molecule has 6 nitrogen and oxygen atoms in total. The number of rotatable bonds is 6. The number of hydrogen-bond acceptors (Lipinski definition) is 5. The van der Waals surface area contributed by atoms with Gasteiger partial charge >= 0.3 is 0 Å². The maximum atomic E-state index is 13.0. The van der Waals surface area contributed by atoms with Gasteiger partial charge < -0.3 is 19.5 Å². The Bertz CT molecular complexity index is 656. The van der Waals surface area contributed by atoms with Crippen molar-refractivity contribution in [1.29, 1.82) is 0 Å². The van der Waals surface area contributed by atoms with Crippen LogP contribution < -0.4 is 4.74 Å². The topological polar surface area (TPSA) is 62.2 Å². The smallest absolute Gasteiger partial charge is 0.254 e. The second-order valence-corrected chi connectivity index (χ2v) is 8.14. The van der Waals surface area contributed by atoms with Gasteiger partial charge in [-0.15, -0.1) is 0 Å². The first-order valence-electron chi connectivity index (χ1n) is 10.2. The molecule has 2 heterocycles. The number of ether oxygens (including phenoxy) is 2. The Balaban J connectivity index is 1.37. The second kappa shape index (κ2) is 8.48. The molecule has 1 atom stereocenters. The molecular formula is C21H30N2O4. The Morgan fingerprint density at radius 2 is 1.93 bits per heavy atom. The van der Waals surface area contributed by atoms with E-state index in [1.165, 1.54) is 12.8 Å². The van der Waals surface area contributed by atoms with Crippen LogP contribution in [0.25, 0.3) is 0 Å². The minimum absolute atomic E-state index is 0.00569. The maximum absolute atomic E-state index is 13.0. The third kappa shape index (κ3) is 5.14. The molecule has 1 aromatic carbocycles. The van der Waals surface area contributed by atoms with Crippen LogP contribution in [0.4, 0.5) is 0 Å². The molecule has 4 rings (SSSR count). The van der Waals surface area contributed by atoms with Gasteiger partial charge in [-0.25, -0.2) is 0 Å². The molecular weight excluding hydrogens is 344 g/mol. The van der Waals surface area contributed by atoms with Gasteiger partial charge in [0.1, 0.15) is 11.5 Å². The number of nitrogens with zero attached hydrogens (tertiary/aromatic N) is 2. The number of phenolic OH excluding ortho intramolecular Hbond substituents is 1. The Morgan fingerprint density at radius 1 is 1.11 bits per heavy atom. The molecule has 1 aliphatic carbocycles. The van der Waals surface area contributed by atoms with Crippen LogP contribution in [0.5, 0.6) is 11.5 Å². The van der Waals surface area contributed by atoms with E-state index in [-0.39, 0.29) is 11.7 Å². The molecule has 1 aromatic rings. The zero-order valence-corrected chi connectivity index (χ0v) is 15.9. The lowest BCUT2D eigenvalue weighted by Gasteiger charge is -2.36. The van der Waals surface area contributed by atoms with E-state index in [1.807, 2.05) is 4.90 Å². The zero-order chi connectivity index (χ0) is 18.6. The van der Waals surface area contributed by atoms with Crippen molar-refractivity contribution < 1.29 is 19.4 Å². The van der Waals surface area contributed by atoms with Gasteiger partial charge in [-0.2, -0.15) is 0 Å². The Morgan fingerprint density at radius 3 is 2.70 bits per heavy atom. The number of phenols is 1. The molecule has 27 heavy (non-hydrogen) atoms. The van der Waals surface area contributed by atoms with Crippen LogP contribution in [-0.2, 0) is 4.74 Å². The predicted molar refractivity (Wildman–Crippen MR) is 102 cm³/mol. The van der Waals surface area contributed by atoms with E-state index < -0.39 is 0 Å². The molecule has 1 N–H and O–H groups in total. The number of amides is 1. The first-order valence-corrected chi connectivity index (χ1v) is 10.2. The first kappa shape index (κ1) is 18.6. The van der Waals surface area contributed by atoms with E-state index in [2.05, 4.69) is 4.90 Å². The van der Waals surface area contributed by atoms with Crippen molar-refractivity contribution in [3.63, 3.8) is 0 Å². The maximum Gasteiger partial charge on any atom is 0.254 e. The van der Waals surface area contributed by atoms with Gasteiger partial charge in [0, 0.05) is 44.4 Å². The van der Waals surface area contributed by atoms with Gasteiger partial charge in [0.05, 0.1) is 19.8 Å². The number of aromatic hydroxyl groups is 1. The van der Waals surface area contributed by atoms with Crippen molar-refractivity contribution in [2.75, 3.05) is 52.5 Å². The van der Waals surface area contributed by atoms with Crippen molar-refractivity contribution in [1.82, 2.24) is 9.80 Å². The molecule has 0 spiro atoms. The summed E-state index contributed by atoms with van der Waals surface area (Å²) in [6.07, 6.45) is 4.62. The van der Waals surface area contributed by atoms with E-state index in [9.17, 15) is 9.90 Å². The summed E-state index contributed by atoms with van der Waals surface area (Å²) >= 11 is 0. The van der Waals surface area contributed by atoms with Crippen LogP contribution in [0, 0.1) is 11.8 Å². The lowest BCUT2D eigenvalue weighted by Crippen LogP contribution is -2.46. The molecule has 2 aliphatic heterocycles. The highest BCUT2D eigenvalue weighted by Crippen LogP contribution is 2.31. The van der Waals surface area contributed by atoms with Gasteiger partial charge in [-0.3, -0.25) is 9.69 Å². The molecule has 3 aliphatic rings. The second-order valence-electron chi connectivity index (χ2n) is 8.14. The molecule has 3 fully saturated rings. The summed E-state index contributed by atoms with van der Waals surface area (Å²) in [4.78, 5) is 17.4. The van der Waals surface area contributed by atoms with Crippen LogP contribution in [0.2, 0.25) is 0 Å². The molecule has 6 heteroatoms. The summed E-state index contributed by atoms with van der Waals surface area (Å²) in [7, 11) is 0. The molecule has 1 amide bonds. The molecule has 0 aromatic heterocycles. The van der Waals surface area contributed by atoms with Crippen molar-refractivity contribution in [3.05, 3.63) is 23.8 Å². The fourth-order valence-electron chi connectivity index (χ4n) is 4.02. The third-order valence-electron chi connectivity index (χ3n) is 5.75. The van der Waals surface area contributed by atoms with Gasteiger partial charge in [-0.05, 0) is 49.7 Å². The van der Waals surface area contributed by atoms with Crippen LogP contribution in [0.1, 0.15) is 36.0 Å². The highest BCUT2D eigenvalue weighted by molar-refractivity contribution is 5.95. The average molecular weight is 374 g/mol. The molecule has 1 unspecified atom stereocenters. The third-order valence-corrected chi connectivity index (χ3v) is 5.75. The van der Waals surface area contributed by atoms with Crippen LogP contribution >= 0.6 is 0 Å². The Kier molecular flexibility index (Phi) is 5.83. The fourth-order valence-corrected chi connectivity index (χ4v) is 4.02. The largest absolute Gasteiger partial charge is 0.508 e. The summed E-state index contributed by atoms with van der Waals surface area (Å²) in [6.45, 7) is 6.85. The van der Waals surface area contributed by atoms with Gasteiger partial charge in [0.25, 0.3) is 5.91 Å². The predicted octanol–water partition coefficient (Wildman–Crippen LogP) is 2.37. The number of benzene rings is 1. The minimum Gasteiger partial charge on any atom is -0.508 e. The van der Waals surface area contributed by atoms with E-state index >= 15 is 0 Å². The van der Waals surface area contributed by atoms with Gasteiger partial charge in [0.15, 0.2) is 0 Å². The number of piperidine rings is 1. The molecule has 2 saturated heterocycles. The Hall–Kier alpha value is -1.79. The summed E-state index contributed by atoms with van der Waals surface area (Å²) in [5, 5.41) is 10.0. The molecule has 0 radical (unpaired) electrons. The van der Waals surface area contributed by atoms with Crippen LogP contribution in [0.3, 0.4) is 0 Å². The van der Waals surface area contributed by atoms with Gasteiger partial charge in [0.2, 0.25) is 0 Å². The van der Waals surface area contributed by atoms with Crippen molar-refractivity contribution in [3.8, 4) is 11.5 Å². The number of carbonyl (C=O) groups excluding carboxylic acids is 1. The molecule has 1 saturated carbocycles. The quantitative estimate of drug-likeness (QED) is 0.828. The van der Waals surface area contributed by atoms with E-state index in [1.54, 1.807) is 18.2 Å². The van der Waals surface area contributed by atoms with Gasteiger partial charge in [-0.1, -0.05) is 0 Å². The highest BCUT2D eigenvalue weighted by Gasteiger charge is 2.27. The van der Waals surface area contributed by atoms with Crippen molar-refractivity contribution in [2.24, 2.45) is 11.8 Å². The van der Waals surface area contributed by atoms with E-state index in [4.69, 9.17) is 9.47 Å². The first-order chi connectivity index (χ1) is 13.2. The molecule has 148 valence electrons. The normalized spacial score (nSPS) is 24.0. The standard InChI is InChI=1S/C21H30N2O4/c24-19-10-18(11-20(12-19)27-15-16-3-4-16)21(25)23-5-1-2-17(14-23)13-22-6-8-26-9-7-22/h10-12,16-17,24H,1-9,13-15H2. The summed E-state index contributed by atoms with van der Waals surface area (Å²) < 4.78 is 11.2. The summed E-state index contributed by atoms with van der Waals surface area (Å²) in [5.41, 5.74) is 0.521. The number of hydrogen-bond donors (Lipinski definition) is 1. The monoisotopic (exact) mass is 374 g/mol. The van der Waals surface area contributed by atoms with E-state index in [0.29, 0.717) is 29.8 Å². The summed E-state index contributed by atoms with van der Waals surface area (Å²) in [6, 6.07) is 4.92. The lowest BCUT2D eigenvalue weighted by molar-refractivity contribution is 0.0224. The molecule has 0 bridgehead atoms. The lowest BCUT2D eigenvalue weighted by atomic mass is 9.96. The Labute approximate surface area is 161 Å². The summed E-state index contributed by atoms with van der Waals surface area (Å²) in [5.74, 6) is 1.81. The van der Waals surface area contributed by atoms with Crippen molar-refractivity contribution >= 4 is 5.91 Å². The highest BCUT2D eigenvalue weighted by atomic mass is 16.5. The average Bonchev–Trinajstić information content (AvgIpc) is 3.51. The SMILES string of the molecule is O=C(c1cc(O)cc(OCC2CC2)c1)N1CCCC(CN2CCOCC2)C1. The zero-order valence-electron chi connectivity index (χ0n) is 15.9. The fraction of sp³-hybridized carbons (Fsp3) is 0.667. The van der Waals surface area contributed by atoms with E-state index in [0.717, 1.165) is 58.8 Å². The number of morpholine rings is 1.